The van der Waals surface area contributed by atoms with Crippen molar-refractivity contribution in [2.24, 2.45) is 0 Å². The first-order chi connectivity index (χ1) is 9.01. The highest BCUT2D eigenvalue weighted by Crippen LogP contribution is 2.12. The summed E-state index contributed by atoms with van der Waals surface area (Å²) in [6, 6.07) is 0. The van der Waals surface area contributed by atoms with E-state index >= 15 is 0 Å². The number of hydrogen-bond acceptors (Lipinski definition) is 3. The van der Waals surface area contributed by atoms with Crippen molar-refractivity contribution in [3.8, 4) is 0 Å². The lowest BCUT2D eigenvalue weighted by molar-refractivity contribution is 0.0608. The normalized spacial score (nSPS) is 18.9. The zero-order valence-electron chi connectivity index (χ0n) is 13.3. The van der Waals surface area contributed by atoms with Crippen LogP contribution in [-0.2, 0) is 0 Å². The van der Waals surface area contributed by atoms with Crippen molar-refractivity contribution in [2.75, 3.05) is 39.3 Å². The third-order valence-electron chi connectivity index (χ3n) is 4.06. The SMILES string of the molecule is CCCCCCN1CCN(CCCC(C)(C)O)CC1. The van der Waals surface area contributed by atoms with Gasteiger partial charge in [-0.2, -0.15) is 0 Å². The van der Waals surface area contributed by atoms with Gasteiger partial charge in [0, 0.05) is 26.2 Å². The second-order valence-corrected chi connectivity index (χ2v) is 6.66. The molecule has 0 radical (unpaired) electrons. The summed E-state index contributed by atoms with van der Waals surface area (Å²) in [6.45, 7) is 13.4. The summed E-state index contributed by atoms with van der Waals surface area (Å²) in [5.41, 5.74) is -0.499. The topological polar surface area (TPSA) is 26.7 Å². The molecule has 0 atom stereocenters. The smallest absolute Gasteiger partial charge is 0.0592 e. The molecule has 114 valence electrons. The molecule has 0 saturated carbocycles. The summed E-state index contributed by atoms with van der Waals surface area (Å²) >= 11 is 0. The first-order valence-electron chi connectivity index (χ1n) is 8.18. The van der Waals surface area contributed by atoms with Gasteiger partial charge in [0.05, 0.1) is 5.60 Å². The van der Waals surface area contributed by atoms with Crippen LogP contribution in [0.5, 0.6) is 0 Å². The molecule has 1 aliphatic heterocycles. The van der Waals surface area contributed by atoms with Crippen LogP contribution < -0.4 is 0 Å². The van der Waals surface area contributed by atoms with Crippen LogP contribution in [-0.4, -0.2) is 59.8 Å². The van der Waals surface area contributed by atoms with Crippen LogP contribution in [0.15, 0.2) is 0 Å². The fourth-order valence-electron chi connectivity index (χ4n) is 2.73. The highest BCUT2D eigenvalue weighted by molar-refractivity contribution is 4.73. The van der Waals surface area contributed by atoms with Crippen molar-refractivity contribution in [2.45, 2.75) is 64.9 Å². The molecule has 3 nitrogen and oxygen atoms in total. The van der Waals surface area contributed by atoms with E-state index in [1.165, 1.54) is 58.4 Å². The van der Waals surface area contributed by atoms with Crippen LogP contribution >= 0.6 is 0 Å². The molecule has 0 amide bonds. The number of nitrogens with zero attached hydrogens (tertiary/aromatic N) is 2. The van der Waals surface area contributed by atoms with Crippen molar-refractivity contribution in [3.05, 3.63) is 0 Å². The molecule has 3 heteroatoms. The lowest BCUT2D eigenvalue weighted by Crippen LogP contribution is -2.46. The van der Waals surface area contributed by atoms with Gasteiger partial charge in [0.1, 0.15) is 0 Å². The second-order valence-electron chi connectivity index (χ2n) is 6.66. The van der Waals surface area contributed by atoms with E-state index in [1.54, 1.807) is 0 Å². The highest BCUT2D eigenvalue weighted by atomic mass is 16.3. The fourth-order valence-corrected chi connectivity index (χ4v) is 2.73. The zero-order valence-corrected chi connectivity index (χ0v) is 13.3. The molecule has 0 aromatic rings. The molecular formula is C16H34N2O. The van der Waals surface area contributed by atoms with Crippen LogP contribution in [0.3, 0.4) is 0 Å². The van der Waals surface area contributed by atoms with Crippen molar-refractivity contribution in [1.29, 1.82) is 0 Å². The van der Waals surface area contributed by atoms with Crippen LogP contribution in [0.2, 0.25) is 0 Å². The van der Waals surface area contributed by atoms with E-state index in [9.17, 15) is 5.11 Å². The molecule has 0 aromatic carbocycles. The molecular weight excluding hydrogens is 236 g/mol. The Kier molecular flexibility index (Phi) is 7.96. The predicted molar refractivity (Wildman–Crippen MR) is 82.6 cm³/mol. The largest absolute Gasteiger partial charge is 0.390 e. The minimum Gasteiger partial charge on any atom is -0.390 e. The Labute approximate surface area is 120 Å². The van der Waals surface area contributed by atoms with Crippen molar-refractivity contribution in [1.82, 2.24) is 9.80 Å². The van der Waals surface area contributed by atoms with E-state index in [0.29, 0.717) is 0 Å². The fraction of sp³-hybridized carbons (Fsp3) is 1.00. The van der Waals surface area contributed by atoms with Crippen LogP contribution in [0.25, 0.3) is 0 Å². The Morgan fingerprint density at radius 2 is 1.37 bits per heavy atom. The number of aliphatic hydroxyl groups is 1. The van der Waals surface area contributed by atoms with E-state index < -0.39 is 5.60 Å². The number of unbranched alkanes of at least 4 members (excludes halogenated alkanes) is 3. The predicted octanol–water partition coefficient (Wildman–Crippen LogP) is 2.74. The van der Waals surface area contributed by atoms with Gasteiger partial charge in [-0.1, -0.05) is 26.2 Å². The molecule has 0 aromatic heterocycles. The summed E-state index contributed by atoms with van der Waals surface area (Å²) in [4.78, 5) is 5.16. The highest BCUT2D eigenvalue weighted by Gasteiger charge is 2.17. The van der Waals surface area contributed by atoms with Gasteiger partial charge in [0.2, 0.25) is 0 Å². The summed E-state index contributed by atoms with van der Waals surface area (Å²) in [7, 11) is 0. The maximum absolute atomic E-state index is 9.70. The maximum Gasteiger partial charge on any atom is 0.0592 e. The van der Waals surface area contributed by atoms with Crippen molar-refractivity contribution in [3.63, 3.8) is 0 Å². The lowest BCUT2D eigenvalue weighted by Gasteiger charge is -2.35. The molecule has 1 heterocycles. The van der Waals surface area contributed by atoms with E-state index in [1.807, 2.05) is 13.8 Å². The van der Waals surface area contributed by atoms with Crippen LogP contribution in [0.4, 0.5) is 0 Å². The van der Waals surface area contributed by atoms with E-state index in [4.69, 9.17) is 0 Å². The van der Waals surface area contributed by atoms with E-state index in [2.05, 4.69) is 16.7 Å². The molecule has 1 saturated heterocycles. The third-order valence-corrected chi connectivity index (χ3v) is 4.06. The number of hydrogen-bond donors (Lipinski definition) is 1. The first kappa shape index (κ1) is 16.9. The van der Waals surface area contributed by atoms with Crippen LogP contribution in [0.1, 0.15) is 59.3 Å². The zero-order chi connectivity index (χ0) is 14.1. The Morgan fingerprint density at radius 1 is 0.842 bits per heavy atom. The molecule has 0 aliphatic carbocycles. The second kappa shape index (κ2) is 8.93. The van der Waals surface area contributed by atoms with E-state index in [-0.39, 0.29) is 0 Å². The average Bonchev–Trinajstić information content (AvgIpc) is 2.35. The summed E-state index contributed by atoms with van der Waals surface area (Å²) < 4.78 is 0. The Hall–Kier alpha value is -0.120. The molecule has 1 N–H and O–H groups in total. The van der Waals surface area contributed by atoms with Gasteiger partial charge in [-0.05, 0) is 46.2 Å². The average molecular weight is 270 g/mol. The summed E-state index contributed by atoms with van der Waals surface area (Å²) in [5.74, 6) is 0. The summed E-state index contributed by atoms with van der Waals surface area (Å²) in [6.07, 6.45) is 7.49. The molecule has 0 spiro atoms. The van der Waals surface area contributed by atoms with Crippen LogP contribution in [0, 0.1) is 0 Å². The minimum absolute atomic E-state index is 0.499. The standard InChI is InChI=1S/C16H34N2O/c1-4-5-6-7-10-17-12-14-18(15-13-17)11-8-9-16(2,3)19/h19H,4-15H2,1-3H3. The molecule has 1 aliphatic rings. The lowest BCUT2D eigenvalue weighted by atomic mass is 10.0. The van der Waals surface area contributed by atoms with Gasteiger partial charge in [0.25, 0.3) is 0 Å². The Morgan fingerprint density at radius 3 is 1.84 bits per heavy atom. The number of rotatable bonds is 9. The Bertz CT molecular complexity index is 217. The molecule has 1 rings (SSSR count). The van der Waals surface area contributed by atoms with Gasteiger partial charge in [-0.25, -0.2) is 0 Å². The van der Waals surface area contributed by atoms with Gasteiger partial charge in [0.15, 0.2) is 0 Å². The maximum atomic E-state index is 9.70. The monoisotopic (exact) mass is 270 g/mol. The molecule has 1 fully saturated rings. The van der Waals surface area contributed by atoms with Gasteiger partial charge in [-0.3, -0.25) is 0 Å². The molecule has 0 unspecified atom stereocenters. The van der Waals surface area contributed by atoms with Gasteiger partial charge >= 0.3 is 0 Å². The van der Waals surface area contributed by atoms with Gasteiger partial charge < -0.3 is 14.9 Å². The van der Waals surface area contributed by atoms with E-state index in [0.717, 1.165) is 19.4 Å². The van der Waals surface area contributed by atoms with Crippen molar-refractivity contribution >= 4 is 0 Å². The quantitative estimate of drug-likeness (QED) is 0.653. The minimum atomic E-state index is -0.499. The molecule has 19 heavy (non-hydrogen) atoms. The Balaban J connectivity index is 2.02. The first-order valence-corrected chi connectivity index (χ1v) is 8.18. The number of piperazine rings is 1. The molecule has 0 bridgehead atoms. The summed E-state index contributed by atoms with van der Waals surface area (Å²) in [5, 5.41) is 9.70. The van der Waals surface area contributed by atoms with Gasteiger partial charge in [-0.15, -0.1) is 0 Å². The third kappa shape index (κ3) is 8.61. The van der Waals surface area contributed by atoms with Crippen molar-refractivity contribution < 1.29 is 5.11 Å².